The van der Waals surface area contributed by atoms with Crippen LogP contribution in [0.3, 0.4) is 0 Å². The number of halogens is 1. The number of thiazole rings is 1. The maximum absolute atomic E-state index is 5.81. The predicted molar refractivity (Wildman–Crippen MR) is 80.2 cm³/mol. The molecule has 0 unspecified atom stereocenters. The van der Waals surface area contributed by atoms with E-state index >= 15 is 0 Å². The van der Waals surface area contributed by atoms with E-state index < -0.39 is 0 Å². The lowest BCUT2D eigenvalue weighted by Crippen LogP contribution is -1.96. The van der Waals surface area contributed by atoms with Crippen molar-refractivity contribution in [1.29, 1.82) is 0 Å². The van der Waals surface area contributed by atoms with Crippen LogP contribution < -0.4 is 11.5 Å². The minimum absolute atomic E-state index is 0.529. The Bertz CT molecular complexity index is 540. The fraction of sp³-hybridized carbons (Fsp3) is 0.182. The van der Waals surface area contributed by atoms with Gasteiger partial charge in [0.25, 0.3) is 0 Å². The quantitative estimate of drug-likeness (QED) is 0.758. The van der Waals surface area contributed by atoms with E-state index in [1.54, 1.807) is 11.3 Å². The molecule has 0 saturated heterocycles. The summed E-state index contributed by atoms with van der Waals surface area (Å²) in [6.07, 6.45) is 0. The molecule has 0 aliphatic carbocycles. The average Bonchev–Trinajstić information content (AvgIpc) is 2.70. The third-order valence-corrected chi connectivity index (χ3v) is 4.66. The van der Waals surface area contributed by atoms with Gasteiger partial charge in [0.1, 0.15) is 10.8 Å². The highest BCUT2D eigenvalue weighted by Crippen LogP contribution is 2.35. The van der Waals surface area contributed by atoms with Crippen molar-refractivity contribution >= 4 is 45.7 Å². The smallest absolute Gasteiger partial charge is 0.139 e. The number of rotatable bonds is 3. The van der Waals surface area contributed by atoms with E-state index in [9.17, 15) is 0 Å². The summed E-state index contributed by atoms with van der Waals surface area (Å²) in [5.41, 5.74) is 13.5. The SMILES string of the molecule is NCc1ccc(-c2nc(N)c(CS)s2)c(Br)c1. The Morgan fingerprint density at radius 3 is 2.71 bits per heavy atom. The highest BCUT2D eigenvalue weighted by atomic mass is 79.9. The molecule has 0 saturated carbocycles. The van der Waals surface area contributed by atoms with E-state index in [2.05, 4.69) is 33.5 Å². The molecule has 0 fully saturated rings. The Balaban J connectivity index is 2.45. The zero-order valence-corrected chi connectivity index (χ0v) is 12.3. The molecule has 0 atom stereocenters. The molecule has 3 nitrogen and oxygen atoms in total. The molecule has 0 aliphatic heterocycles. The van der Waals surface area contributed by atoms with E-state index in [0.717, 1.165) is 25.5 Å². The lowest BCUT2D eigenvalue weighted by Gasteiger charge is -2.03. The van der Waals surface area contributed by atoms with Gasteiger partial charge in [-0.05, 0) is 11.6 Å². The van der Waals surface area contributed by atoms with Gasteiger partial charge in [0.2, 0.25) is 0 Å². The van der Waals surface area contributed by atoms with E-state index in [1.165, 1.54) is 0 Å². The van der Waals surface area contributed by atoms with Gasteiger partial charge in [-0.25, -0.2) is 4.98 Å². The van der Waals surface area contributed by atoms with Crippen molar-refractivity contribution in [1.82, 2.24) is 4.98 Å². The van der Waals surface area contributed by atoms with Gasteiger partial charge < -0.3 is 11.5 Å². The summed E-state index contributed by atoms with van der Waals surface area (Å²) in [5.74, 6) is 1.18. The van der Waals surface area contributed by atoms with E-state index in [0.29, 0.717) is 18.1 Å². The Kier molecular flexibility index (Phi) is 4.09. The second-order valence-electron chi connectivity index (χ2n) is 3.50. The number of hydrogen-bond acceptors (Lipinski definition) is 5. The topological polar surface area (TPSA) is 64.9 Å². The van der Waals surface area contributed by atoms with Gasteiger partial charge >= 0.3 is 0 Å². The van der Waals surface area contributed by atoms with Crippen LogP contribution >= 0.6 is 39.9 Å². The molecule has 17 heavy (non-hydrogen) atoms. The molecule has 1 aromatic carbocycles. The molecule has 0 spiro atoms. The standard InChI is InChI=1S/C11H12BrN3S2/c12-8-3-6(4-13)1-2-7(8)11-15-10(14)9(5-16)17-11/h1-3,16H,4-5,13-14H2. The van der Waals surface area contributed by atoms with Gasteiger partial charge in [-0.2, -0.15) is 12.6 Å². The summed E-state index contributed by atoms with van der Waals surface area (Å²) in [4.78, 5) is 5.35. The second kappa shape index (κ2) is 5.39. The third-order valence-electron chi connectivity index (χ3n) is 2.37. The molecule has 1 aromatic heterocycles. The maximum atomic E-state index is 5.81. The van der Waals surface area contributed by atoms with E-state index in [-0.39, 0.29) is 0 Å². The van der Waals surface area contributed by atoms with Crippen LogP contribution in [0.15, 0.2) is 22.7 Å². The van der Waals surface area contributed by atoms with Crippen molar-refractivity contribution in [2.45, 2.75) is 12.3 Å². The normalized spacial score (nSPS) is 10.8. The first-order chi connectivity index (χ1) is 8.15. The molecular weight excluding hydrogens is 318 g/mol. The van der Waals surface area contributed by atoms with Crippen molar-refractivity contribution in [2.75, 3.05) is 5.73 Å². The van der Waals surface area contributed by atoms with E-state index in [1.807, 2.05) is 18.2 Å². The number of hydrogen-bond donors (Lipinski definition) is 3. The first kappa shape index (κ1) is 12.9. The summed E-state index contributed by atoms with van der Waals surface area (Å²) in [5, 5.41) is 0.905. The number of nitrogens with zero attached hydrogens (tertiary/aromatic N) is 1. The number of aromatic nitrogens is 1. The van der Waals surface area contributed by atoms with Crippen LogP contribution in [0.1, 0.15) is 10.4 Å². The molecule has 0 amide bonds. The zero-order chi connectivity index (χ0) is 12.4. The Morgan fingerprint density at radius 2 is 2.18 bits per heavy atom. The summed E-state index contributed by atoms with van der Waals surface area (Å²) < 4.78 is 0.986. The highest BCUT2D eigenvalue weighted by molar-refractivity contribution is 9.10. The maximum Gasteiger partial charge on any atom is 0.139 e. The van der Waals surface area contributed by atoms with Crippen molar-refractivity contribution in [3.63, 3.8) is 0 Å². The molecule has 0 radical (unpaired) electrons. The molecule has 90 valence electrons. The Hall–Kier alpha value is -0.560. The largest absolute Gasteiger partial charge is 0.383 e. The fourth-order valence-corrected chi connectivity index (χ4v) is 3.43. The number of thiol groups is 1. The van der Waals surface area contributed by atoms with Crippen LogP contribution in [0.4, 0.5) is 5.82 Å². The fourth-order valence-electron chi connectivity index (χ4n) is 1.45. The van der Waals surface area contributed by atoms with Gasteiger partial charge in [-0.3, -0.25) is 0 Å². The number of benzene rings is 1. The Morgan fingerprint density at radius 1 is 1.41 bits per heavy atom. The summed E-state index contributed by atoms with van der Waals surface area (Å²) in [6, 6.07) is 6.01. The molecule has 4 N–H and O–H groups in total. The summed E-state index contributed by atoms with van der Waals surface area (Å²) in [7, 11) is 0. The summed E-state index contributed by atoms with van der Waals surface area (Å²) >= 11 is 9.32. The molecule has 0 aliphatic rings. The van der Waals surface area contributed by atoms with E-state index in [4.69, 9.17) is 11.5 Å². The van der Waals surface area contributed by atoms with Crippen LogP contribution in [0.25, 0.3) is 10.6 Å². The number of anilines is 1. The minimum Gasteiger partial charge on any atom is -0.383 e. The van der Waals surface area contributed by atoms with Gasteiger partial charge in [0.05, 0.1) is 4.88 Å². The minimum atomic E-state index is 0.529. The van der Waals surface area contributed by atoms with Crippen molar-refractivity contribution in [3.05, 3.63) is 33.1 Å². The highest BCUT2D eigenvalue weighted by Gasteiger charge is 2.11. The van der Waals surface area contributed by atoms with Crippen molar-refractivity contribution in [2.24, 2.45) is 5.73 Å². The monoisotopic (exact) mass is 329 g/mol. The first-order valence-corrected chi connectivity index (χ1v) is 7.24. The van der Waals surface area contributed by atoms with Crippen LogP contribution in [0, 0.1) is 0 Å². The van der Waals surface area contributed by atoms with Gasteiger partial charge in [-0.15, -0.1) is 11.3 Å². The summed E-state index contributed by atoms with van der Waals surface area (Å²) in [6.45, 7) is 0.529. The van der Waals surface area contributed by atoms with Crippen molar-refractivity contribution < 1.29 is 0 Å². The first-order valence-electron chi connectivity index (χ1n) is 5.00. The second-order valence-corrected chi connectivity index (χ2v) is 5.76. The van der Waals surface area contributed by atoms with Crippen LogP contribution in [0.2, 0.25) is 0 Å². The molecule has 0 bridgehead atoms. The third kappa shape index (κ3) is 2.65. The van der Waals surface area contributed by atoms with Crippen molar-refractivity contribution in [3.8, 4) is 10.6 Å². The average molecular weight is 330 g/mol. The van der Waals surface area contributed by atoms with Gasteiger partial charge in [0, 0.05) is 22.3 Å². The molecule has 2 aromatic rings. The number of nitrogen functional groups attached to an aromatic ring is 1. The Labute approximate surface area is 118 Å². The molecule has 6 heteroatoms. The van der Waals surface area contributed by atoms with Gasteiger partial charge in [0.15, 0.2) is 0 Å². The van der Waals surface area contributed by atoms with Crippen LogP contribution in [-0.4, -0.2) is 4.98 Å². The predicted octanol–water partition coefficient (Wildman–Crippen LogP) is 3.04. The number of nitrogens with two attached hydrogens (primary N) is 2. The molecular formula is C11H12BrN3S2. The van der Waals surface area contributed by atoms with Gasteiger partial charge in [-0.1, -0.05) is 28.1 Å². The zero-order valence-electron chi connectivity index (χ0n) is 8.98. The van der Waals surface area contributed by atoms with Crippen LogP contribution in [0.5, 0.6) is 0 Å². The molecule has 1 heterocycles. The molecule has 2 rings (SSSR count). The lowest BCUT2D eigenvalue weighted by molar-refractivity contribution is 1.07. The van der Waals surface area contributed by atoms with Crippen LogP contribution in [-0.2, 0) is 12.3 Å². The lowest BCUT2D eigenvalue weighted by atomic mass is 10.1.